The summed E-state index contributed by atoms with van der Waals surface area (Å²) in [4.78, 5) is 12.9. The van der Waals surface area contributed by atoms with Crippen LogP contribution in [0, 0.1) is 0 Å². The van der Waals surface area contributed by atoms with Gasteiger partial charge in [0, 0.05) is 11.4 Å². The van der Waals surface area contributed by atoms with Gasteiger partial charge >= 0.3 is 0 Å². The molecule has 1 amide bonds. The number of methoxy groups -OCH3 is 2. The van der Waals surface area contributed by atoms with Gasteiger partial charge in [-0.25, -0.2) is 0 Å². The fourth-order valence-electron chi connectivity index (χ4n) is 2.10. The van der Waals surface area contributed by atoms with E-state index >= 15 is 0 Å². The summed E-state index contributed by atoms with van der Waals surface area (Å²) in [5.74, 6) is 1.76. The molecule has 0 aromatic heterocycles. The smallest absolute Gasteiger partial charge is 0.230 e. The van der Waals surface area contributed by atoms with Gasteiger partial charge < -0.3 is 14.8 Å². The minimum Gasteiger partial charge on any atom is -0.493 e. The Hall–Kier alpha value is -2.14. The molecule has 0 aliphatic carbocycles. The van der Waals surface area contributed by atoms with E-state index < -0.39 is 0 Å². The molecule has 0 heterocycles. The quantitative estimate of drug-likeness (QED) is 0.755. The van der Waals surface area contributed by atoms with E-state index in [0.717, 1.165) is 11.3 Å². The van der Waals surface area contributed by atoms with Gasteiger partial charge in [-0.2, -0.15) is 0 Å². The predicted octanol–water partition coefficient (Wildman–Crippen LogP) is 3.15. The molecule has 4 nitrogen and oxygen atoms in total. The number of carbonyl (C=O) groups is 1. The zero-order valence-electron chi connectivity index (χ0n) is 13.4. The van der Waals surface area contributed by atoms with Crippen LogP contribution in [0.4, 0.5) is 0 Å². The minimum atomic E-state index is 0.0284. The highest BCUT2D eigenvalue weighted by molar-refractivity contribution is 8.00. The molecule has 5 heteroatoms. The van der Waals surface area contributed by atoms with Crippen molar-refractivity contribution in [3.8, 4) is 11.5 Å². The molecular formula is C18H21NO3S. The lowest BCUT2D eigenvalue weighted by atomic mass is 10.1. The van der Waals surface area contributed by atoms with Gasteiger partial charge in [-0.1, -0.05) is 30.3 Å². The van der Waals surface area contributed by atoms with Crippen LogP contribution in [-0.4, -0.2) is 32.4 Å². The van der Waals surface area contributed by atoms with Crippen molar-refractivity contribution in [3.05, 3.63) is 54.1 Å². The van der Waals surface area contributed by atoms with E-state index in [4.69, 9.17) is 9.47 Å². The average molecular weight is 331 g/mol. The van der Waals surface area contributed by atoms with Crippen LogP contribution in [0.3, 0.4) is 0 Å². The molecular weight excluding hydrogens is 310 g/mol. The van der Waals surface area contributed by atoms with Crippen LogP contribution < -0.4 is 14.8 Å². The lowest BCUT2D eigenvalue weighted by Crippen LogP contribution is -2.27. The van der Waals surface area contributed by atoms with Crippen LogP contribution in [-0.2, 0) is 11.2 Å². The van der Waals surface area contributed by atoms with Gasteiger partial charge in [0.15, 0.2) is 11.5 Å². The monoisotopic (exact) mass is 331 g/mol. The van der Waals surface area contributed by atoms with Crippen LogP contribution in [0.1, 0.15) is 5.56 Å². The van der Waals surface area contributed by atoms with Crippen LogP contribution in [0.25, 0.3) is 0 Å². The van der Waals surface area contributed by atoms with Gasteiger partial charge in [-0.15, -0.1) is 11.8 Å². The molecule has 0 aliphatic rings. The van der Waals surface area contributed by atoms with E-state index in [-0.39, 0.29) is 5.91 Å². The van der Waals surface area contributed by atoms with Crippen LogP contribution in [0.2, 0.25) is 0 Å². The van der Waals surface area contributed by atoms with Crippen molar-refractivity contribution in [2.75, 3.05) is 26.5 Å². The Kier molecular flexibility index (Phi) is 6.81. The molecule has 2 aromatic carbocycles. The van der Waals surface area contributed by atoms with E-state index in [2.05, 4.69) is 17.4 Å². The summed E-state index contributed by atoms with van der Waals surface area (Å²) < 4.78 is 10.5. The molecule has 0 spiro atoms. The maximum atomic E-state index is 11.9. The van der Waals surface area contributed by atoms with E-state index in [0.29, 0.717) is 23.8 Å². The van der Waals surface area contributed by atoms with E-state index in [1.54, 1.807) is 14.2 Å². The fraction of sp³-hybridized carbons (Fsp3) is 0.278. The Bertz CT molecular complexity index is 631. The molecule has 0 bridgehead atoms. The molecule has 2 aromatic rings. The van der Waals surface area contributed by atoms with Crippen LogP contribution >= 0.6 is 11.8 Å². The SMILES string of the molecule is COc1ccc(SCC(=O)NCCc2ccccc2)cc1OC. The number of ether oxygens (including phenoxy) is 2. The Morgan fingerprint density at radius 2 is 1.78 bits per heavy atom. The molecule has 0 fully saturated rings. The van der Waals surface area contributed by atoms with E-state index in [9.17, 15) is 4.79 Å². The summed E-state index contributed by atoms with van der Waals surface area (Å²) in [6, 6.07) is 15.8. The number of carbonyl (C=O) groups excluding carboxylic acids is 1. The number of hydrogen-bond donors (Lipinski definition) is 1. The van der Waals surface area contributed by atoms with Gasteiger partial charge in [-0.05, 0) is 30.2 Å². The highest BCUT2D eigenvalue weighted by Crippen LogP contribution is 2.31. The van der Waals surface area contributed by atoms with Gasteiger partial charge in [-0.3, -0.25) is 4.79 Å². The molecule has 0 radical (unpaired) electrons. The summed E-state index contributed by atoms with van der Waals surface area (Å²) in [6.07, 6.45) is 0.841. The minimum absolute atomic E-state index is 0.0284. The highest BCUT2D eigenvalue weighted by atomic mass is 32.2. The third kappa shape index (κ3) is 5.53. The lowest BCUT2D eigenvalue weighted by molar-refractivity contribution is -0.118. The first kappa shape index (κ1) is 17.2. The second-order valence-electron chi connectivity index (χ2n) is 4.89. The van der Waals surface area contributed by atoms with Gasteiger partial charge in [0.2, 0.25) is 5.91 Å². The Morgan fingerprint density at radius 1 is 1.04 bits per heavy atom. The number of amides is 1. The Labute approximate surface area is 141 Å². The van der Waals surface area contributed by atoms with Crippen LogP contribution in [0.15, 0.2) is 53.4 Å². The van der Waals surface area contributed by atoms with Crippen molar-refractivity contribution in [2.24, 2.45) is 0 Å². The second-order valence-corrected chi connectivity index (χ2v) is 5.94. The molecule has 0 aliphatic heterocycles. The van der Waals surface area contributed by atoms with Crippen molar-refractivity contribution in [2.45, 2.75) is 11.3 Å². The Balaban J connectivity index is 1.76. The first-order valence-electron chi connectivity index (χ1n) is 7.38. The highest BCUT2D eigenvalue weighted by Gasteiger charge is 2.07. The molecule has 23 heavy (non-hydrogen) atoms. The van der Waals surface area contributed by atoms with Gasteiger partial charge in [0.05, 0.1) is 20.0 Å². The summed E-state index contributed by atoms with van der Waals surface area (Å²) in [5, 5.41) is 2.94. The van der Waals surface area contributed by atoms with E-state index in [1.807, 2.05) is 36.4 Å². The zero-order valence-corrected chi connectivity index (χ0v) is 14.2. The maximum Gasteiger partial charge on any atom is 0.230 e. The summed E-state index contributed by atoms with van der Waals surface area (Å²) >= 11 is 1.48. The lowest BCUT2D eigenvalue weighted by Gasteiger charge is -2.09. The standard InChI is InChI=1S/C18H21NO3S/c1-21-16-9-8-15(12-17(16)22-2)23-13-18(20)19-11-10-14-6-4-3-5-7-14/h3-9,12H,10-11,13H2,1-2H3,(H,19,20). The van der Waals surface area contributed by atoms with Gasteiger partial charge in [0.25, 0.3) is 0 Å². The molecule has 0 unspecified atom stereocenters. The number of benzene rings is 2. The van der Waals surface area contributed by atoms with E-state index in [1.165, 1.54) is 17.3 Å². The fourth-order valence-corrected chi connectivity index (χ4v) is 2.85. The number of rotatable bonds is 8. The maximum absolute atomic E-state index is 11.9. The topological polar surface area (TPSA) is 47.6 Å². The summed E-state index contributed by atoms with van der Waals surface area (Å²) in [6.45, 7) is 0.648. The third-order valence-electron chi connectivity index (χ3n) is 3.30. The van der Waals surface area contributed by atoms with Crippen molar-refractivity contribution < 1.29 is 14.3 Å². The number of nitrogens with one attached hydrogen (secondary N) is 1. The van der Waals surface area contributed by atoms with Gasteiger partial charge in [0.1, 0.15) is 0 Å². The molecule has 2 rings (SSSR count). The summed E-state index contributed by atoms with van der Waals surface area (Å²) in [5.41, 5.74) is 1.22. The predicted molar refractivity (Wildman–Crippen MR) is 93.4 cm³/mol. The normalized spacial score (nSPS) is 10.2. The van der Waals surface area contributed by atoms with Crippen molar-refractivity contribution >= 4 is 17.7 Å². The molecule has 0 atom stereocenters. The molecule has 0 saturated carbocycles. The zero-order chi connectivity index (χ0) is 16.5. The largest absolute Gasteiger partial charge is 0.493 e. The van der Waals surface area contributed by atoms with Crippen molar-refractivity contribution in [1.82, 2.24) is 5.32 Å². The first-order chi connectivity index (χ1) is 11.2. The molecule has 122 valence electrons. The number of thioether (sulfide) groups is 1. The summed E-state index contributed by atoms with van der Waals surface area (Å²) in [7, 11) is 3.20. The Morgan fingerprint density at radius 3 is 2.48 bits per heavy atom. The third-order valence-corrected chi connectivity index (χ3v) is 4.30. The molecule has 1 N–H and O–H groups in total. The number of hydrogen-bond acceptors (Lipinski definition) is 4. The van der Waals surface area contributed by atoms with Crippen LogP contribution in [0.5, 0.6) is 11.5 Å². The molecule has 0 saturated heterocycles. The second kappa shape index (κ2) is 9.10. The van der Waals surface area contributed by atoms with Crippen molar-refractivity contribution in [3.63, 3.8) is 0 Å². The van der Waals surface area contributed by atoms with Crippen molar-refractivity contribution in [1.29, 1.82) is 0 Å². The first-order valence-corrected chi connectivity index (χ1v) is 8.37. The average Bonchev–Trinajstić information content (AvgIpc) is 2.60.